The van der Waals surface area contributed by atoms with E-state index in [-0.39, 0.29) is 37.8 Å². The van der Waals surface area contributed by atoms with Gasteiger partial charge in [0.1, 0.15) is 0 Å². The van der Waals surface area contributed by atoms with E-state index in [4.69, 9.17) is 0 Å². The average molecular weight is 473 g/mol. The van der Waals surface area contributed by atoms with Crippen molar-refractivity contribution < 1.29 is 26.4 Å². The number of thiophene rings is 1. The first kappa shape index (κ1) is 23.5. The van der Waals surface area contributed by atoms with Crippen molar-refractivity contribution in [2.75, 3.05) is 19.6 Å². The molecule has 0 radical (unpaired) electrons. The Bertz CT molecular complexity index is 1010. The minimum atomic E-state index is -4.77. The minimum Gasteiger partial charge on any atom is -0.334 e. The molecule has 3 rings (SSSR count). The van der Waals surface area contributed by atoms with Crippen LogP contribution in [0.2, 0.25) is 0 Å². The highest BCUT2D eigenvalue weighted by Gasteiger charge is 2.40. The zero-order chi connectivity index (χ0) is 22.6. The van der Waals surface area contributed by atoms with Crippen LogP contribution in [0.3, 0.4) is 0 Å². The molecule has 0 aliphatic carbocycles. The van der Waals surface area contributed by atoms with E-state index >= 15 is 0 Å². The zero-order valence-electron chi connectivity index (χ0n) is 16.7. The van der Waals surface area contributed by atoms with Gasteiger partial charge in [-0.3, -0.25) is 4.79 Å². The Labute approximate surface area is 183 Å². The number of sulfonamides is 1. The highest BCUT2D eigenvalue weighted by atomic mass is 32.2. The molecule has 1 aliphatic heterocycles. The summed E-state index contributed by atoms with van der Waals surface area (Å²) in [7, 11) is -4.32. The van der Waals surface area contributed by atoms with Crippen molar-refractivity contribution in [3.63, 3.8) is 0 Å². The maximum absolute atomic E-state index is 13.3. The largest absolute Gasteiger partial charge is 0.417 e. The number of alkyl halides is 3. The molecule has 2 aromatic rings. The number of carbonyl (C=O) groups excluding carboxylic acids is 1. The molecule has 10 heteroatoms. The molecular formula is C21H23F3N2O3S2. The van der Waals surface area contributed by atoms with Gasteiger partial charge >= 0.3 is 6.18 Å². The lowest BCUT2D eigenvalue weighted by molar-refractivity contribution is -0.140. The van der Waals surface area contributed by atoms with E-state index in [9.17, 15) is 26.4 Å². The van der Waals surface area contributed by atoms with E-state index in [1.165, 1.54) is 17.4 Å². The molecule has 1 amide bonds. The number of halogens is 3. The Balaban J connectivity index is 1.71. The number of rotatable bonds is 7. The molecule has 5 nitrogen and oxygen atoms in total. The maximum atomic E-state index is 13.3. The lowest BCUT2D eigenvalue weighted by Crippen LogP contribution is -2.44. The van der Waals surface area contributed by atoms with Crippen LogP contribution in [0.1, 0.15) is 23.3 Å². The van der Waals surface area contributed by atoms with E-state index in [0.717, 1.165) is 27.4 Å². The average Bonchev–Trinajstić information content (AvgIpc) is 3.25. The molecule has 0 atom stereocenters. The predicted molar refractivity (Wildman–Crippen MR) is 113 cm³/mol. The molecule has 168 valence electrons. The first-order valence-corrected chi connectivity index (χ1v) is 12.0. The molecule has 1 aromatic carbocycles. The van der Waals surface area contributed by atoms with Crippen molar-refractivity contribution in [2.24, 2.45) is 5.92 Å². The van der Waals surface area contributed by atoms with Gasteiger partial charge in [-0.2, -0.15) is 17.5 Å². The van der Waals surface area contributed by atoms with E-state index in [1.54, 1.807) is 11.0 Å². The number of amides is 1. The van der Waals surface area contributed by atoms with Gasteiger partial charge in [-0.25, -0.2) is 8.42 Å². The van der Waals surface area contributed by atoms with Crippen LogP contribution in [0.5, 0.6) is 0 Å². The van der Waals surface area contributed by atoms with Gasteiger partial charge in [-0.1, -0.05) is 24.3 Å². The fraction of sp³-hybridized carbons (Fsp3) is 0.381. The van der Waals surface area contributed by atoms with Crippen LogP contribution < -0.4 is 0 Å². The number of hydrogen-bond acceptors (Lipinski definition) is 4. The summed E-state index contributed by atoms with van der Waals surface area (Å²) in [5.74, 6) is -0.481. The number of piperidine rings is 1. The van der Waals surface area contributed by atoms with Gasteiger partial charge in [0.15, 0.2) is 0 Å². The third-order valence-electron chi connectivity index (χ3n) is 5.20. The lowest BCUT2D eigenvalue weighted by Gasteiger charge is -2.33. The topological polar surface area (TPSA) is 57.7 Å². The number of hydrogen-bond donors (Lipinski definition) is 0. The third kappa shape index (κ3) is 5.36. The quantitative estimate of drug-likeness (QED) is 0.562. The van der Waals surface area contributed by atoms with E-state index in [2.05, 4.69) is 6.58 Å². The second kappa shape index (κ2) is 9.54. The molecule has 0 saturated carbocycles. The highest BCUT2D eigenvalue weighted by molar-refractivity contribution is 7.89. The Kier molecular flexibility index (Phi) is 7.23. The second-order valence-electron chi connectivity index (χ2n) is 7.26. The molecule has 0 bridgehead atoms. The standard InChI is InChI=1S/C21H23F3N2O3S2/c1-2-11-25(15-17-6-5-14-30-17)20(27)16-9-12-26(13-10-16)31(28,29)19-8-4-3-7-18(19)21(22,23)24/h2-8,14,16H,1,9-13,15H2. The normalized spacial score (nSPS) is 16.2. The maximum Gasteiger partial charge on any atom is 0.417 e. The minimum absolute atomic E-state index is 0.00807. The summed E-state index contributed by atoms with van der Waals surface area (Å²) in [4.78, 5) is 14.9. The van der Waals surface area contributed by atoms with Gasteiger partial charge in [-0.05, 0) is 36.4 Å². The summed E-state index contributed by atoms with van der Waals surface area (Å²) in [5, 5.41) is 1.92. The molecule has 1 aliphatic rings. The molecular weight excluding hydrogens is 449 g/mol. The highest BCUT2D eigenvalue weighted by Crippen LogP contribution is 2.36. The summed E-state index contributed by atoms with van der Waals surface area (Å²) in [5.41, 5.74) is -1.18. The number of nitrogens with zero attached hydrogens (tertiary/aromatic N) is 2. The Morgan fingerprint density at radius 3 is 2.45 bits per heavy atom. The Hall–Kier alpha value is -2.17. The van der Waals surface area contributed by atoms with Crippen LogP contribution in [0.4, 0.5) is 13.2 Å². The van der Waals surface area contributed by atoms with E-state index in [0.29, 0.717) is 13.1 Å². The summed E-state index contributed by atoms with van der Waals surface area (Å²) < 4.78 is 66.7. The van der Waals surface area contributed by atoms with Crippen molar-refractivity contribution in [3.05, 3.63) is 64.9 Å². The first-order valence-electron chi connectivity index (χ1n) is 9.73. The van der Waals surface area contributed by atoms with Crippen molar-refractivity contribution in [1.82, 2.24) is 9.21 Å². The van der Waals surface area contributed by atoms with E-state index < -0.39 is 26.7 Å². The molecule has 31 heavy (non-hydrogen) atoms. The number of benzene rings is 1. The monoisotopic (exact) mass is 472 g/mol. The first-order chi connectivity index (χ1) is 14.6. The SMILES string of the molecule is C=CCN(Cc1cccs1)C(=O)C1CCN(S(=O)(=O)c2ccccc2C(F)(F)F)CC1. The molecule has 2 heterocycles. The molecule has 0 spiro atoms. The van der Waals surface area contributed by atoms with E-state index in [1.807, 2.05) is 17.5 Å². The zero-order valence-corrected chi connectivity index (χ0v) is 18.3. The van der Waals surface area contributed by atoms with Crippen molar-refractivity contribution in [2.45, 2.75) is 30.5 Å². The Morgan fingerprint density at radius 2 is 1.87 bits per heavy atom. The molecule has 0 N–H and O–H groups in total. The van der Waals surface area contributed by atoms with Gasteiger partial charge in [0.25, 0.3) is 0 Å². The van der Waals surface area contributed by atoms with Gasteiger partial charge in [0.05, 0.1) is 17.0 Å². The fourth-order valence-corrected chi connectivity index (χ4v) is 6.05. The molecule has 1 aromatic heterocycles. The number of carbonyl (C=O) groups is 1. The fourth-order valence-electron chi connectivity index (χ4n) is 3.65. The summed E-state index contributed by atoms with van der Waals surface area (Å²) >= 11 is 1.54. The van der Waals surface area contributed by atoms with Crippen LogP contribution >= 0.6 is 11.3 Å². The molecule has 1 saturated heterocycles. The third-order valence-corrected chi connectivity index (χ3v) is 8.02. The predicted octanol–water partition coefficient (Wildman–Crippen LogP) is 4.38. The van der Waals surface area contributed by atoms with Crippen molar-refractivity contribution >= 4 is 27.3 Å². The summed E-state index contributed by atoms with van der Waals surface area (Å²) in [6, 6.07) is 8.01. The molecule has 0 unspecified atom stereocenters. The van der Waals surface area contributed by atoms with Crippen molar-refractivity contribution in [1.29, 1.82) is 0 Å². The van der Waals surface area contributed by atoms with Crippen LogP contribution in [0, 0.1) is 5.92 Å². The smallest absolute Gasteiger partial charge is 0.334 e. The van der Waals surface area contributed by atoms with Crippen LogP contribution in [-0.4, -0.2) is 43.2 Å². The molecule has 1 fully saturated rings. The Morgan fingerprint density at radius 1 is 1.19 bits per heavy atom. The van der Waals surface area contributed by atoms with Crippen molar-refractivity contribution in [3.8, 4) is 0 Å². The van der Waals surface area contributed by atoms with Gasteiger partial charge in [-0.15, -0.1) is 17.9 Å². The second-order valence-corrected chi connectivity index (χ2v) is 10.2. The van der Waals surface area contributed by atoms with Gasteiger partial charge in [0, 0.05) is 30.4 Å². The van der Waals surface area contributed by atoms with Gasteiger partial charge < -0.3 is 4.90 Å². The van der Waals surface area contributed by atoms with Crippen LogP contribution in [-0.2, 0) is 27.5 Å². The van der Waals surface area contributed by atoms with Gasteiger partial charge in [0.2, 0.25) is 15.9 Å². The lowest BCUT2D eigenvalue weighted by atomic mass is 9.96. The summed E-state index contributed by atoms with van der Waals surface area (Å²) in [6.07, 6.45) is -2.63. The van der Waals surface area contributed by atoms with Crippen LogP contribution in [0.15, 0.2) is 59.3 Å². The van der Waals surface area contributed by atoms with Crippen LogP contribution in [0.25, 0.3) is 0 Å². The summed E-state index contributed by atoms with van der Waals surface area (Å²) in [6.45, 7) is 4.49.